The Balaban J connectivity index is 0.645. The normalized spacial score (nSPS) is 12.4. The van der Waals surface area contributed by atoms with E-state index >= 15 is 0 Å². The molecule has 0 spiro atoms. The molecule has 0 aliphatic heterocycles. The molecule has 0 N–H and O–H groups in total. The first-order valence-electron chi connectivity index (χ1n) is 37.0. The van der Waals surface area contributed by atoms with E-state index in [1.807, 2.05) is 0 Å². The summed E-state index contributed by atoms with van der Waals surface area (Å²) in [6.07, 6.45) is 0. The lowest BCUT2D eigenvalue weighted by Gasteiger charge is -2.15. The minimum absolute atomic E-state index is 0.626. The van der Waals surface area contributed by atoms with Gasteiger partial charge in [-0.2, -0.15) is 0 Å². The van der Waals surface area contributed by atoms with Crippen LogP contribution in [-0.4, -0.2) is 37.9 Å². The van der Waals surface area contributed by atoms with Gasteiger partial charge < -0.3 is 8.80 Å². The zero-order valence-corrected chi connectivity index (χ0v) is 57.9. The highest BCUT2D eigenvalue weighted by atomic mass is 15.2. The van der Waals surface area contributed by atoms with Crippen LogP contribution in [0.3, 0.4) is 0 Å². The molecule has 8 aromatic heterocycles. The fourth-order valence-electron chi connectivity index (χ4n) is 18.9. The summed E-state index contributed by atoms with van der Waals surface area (Å²) in [6, 6.07) is 125. The molecule has 0 atom stereocenters. The average molecular weight is 1370 g/mol. The van der Waals surface area contributed by atoms with Crippen LogP contribution in [0.4, 0.5) is 0 Å². The van der Waals surface area contributed by atoms with Crippen molar-refractivity contribution in [2.75, 3.05) is 0 Å². The Bertz CT molecular complexity index is 8240. The number of benzene rings is 17. The van der Waals surface area contributed by atoms with Gasteiger partial charge in [-0.15, -0.1) is 0 Å². The van der Waals surface area contributed by atoms with Crippen LogP contribution in [0, 0.1) is 0 Å². The number of rotatable bonds is 7. The van der Waals surface area contributed by atoms with Gasteiger partial charge in [0.2, 0.25) is 5.95 Å². The monoisotopic (exact) mass is 1370 g/mol. The molecule has 0 radical (unpaired) electrons. The molecule has 25 aromatic rings. The third-order valence-corrected chi connectivity index (χ3v) is 23.6. The van der Waals surface area contributed by atoms with Gasteiger partial charge in [0.25, 0.3) is 0 Å². The maximum atomic E-state index is 5.85. The van der Waals surface area contributed by atoms with Crippen molar-refractivity contribution in [3.05, 3.63) is 340 Å². The summed E-state index contributed by atoms with van der Waals surface area (Å²) < 4.78 is 9.73. The summed E-state index contributed by atoms with van der Waals surface area (Å²) in [7, 11) is 0. The number of hydrogen-bond donors (Lipinski definition) is 0. The highest BCUT2D eigenvalue weighted by Gasteiger charge is 2.29. The van der Waals surface area contributed by atoms with Gasteiger partial charge in [0.05, 0.1) is 71.9 Å². The molecule has 0 saturated heterocycles. The number of hydrogen-bond acceptors (Lipinski definition) is 4. The van der Waals surface area contributed by atoms with E-state index in [1.165, 1.54) is 103 Å². The third kappa shape index (κ3) is 7.90. The molecule has 17 aromatic carbocycles. The van der Waals surface area contributed by atoms with Crippen LogP contribution in [0.1, 0.15) is 0 Å². The molecule has 0 unspecified atom stereocenters. The number of nitrogens with zero attached hydrogens (tertiary/aromatic N) is 8. The summed E-state index contributed by atoms with van der Waals surface area (Å²) in [5.74, 6) is 2.16. The smallest absolute Gasteiger partial charge is 0.235 e. The Hall–Kier alpha value is -14.6. The van der Waals surface area contributed by atoms with Gasteiger partial charge in [-0.05, 0) is 163 Å². The SMILES string of the molecule is c1ccc(-c2ccc3c(c2)c2c4c5ccccc5n5c6ccccc6c(cc2n3-c2nc(-c3cc6ccc(-c7ccc(-c8ccc9c(c8)c8c%10c%11ccccc%11n%11c%12ccccc%12c(cc8n9-c8nc(-c9ccc%12ccccc%12c9)nc9ccccc89)c%10%11)cc7)cc6c6ccccc36)c3ccccc3n2)c45)cc1. The number of aromatic nitrogens is 8. The molecule has 8 heteroatoms. The quantitative estimate of drug-likeness (QED) is 0.149. The number of para-hydroxylation sites is 6. The Labute approximate surface area is 615 Å². The lowest BCUT2D eigenvalue weighted by atomic mass is 9.92. The molecule has 8 nitrogen and oxygen atoms in total. The van der Waals surface area contributed by atoms with Crippen molar-refractivity contribution < 1.29 is 0 Å². The van der Waals surface area contributed by atoms with Crippen LogP contribution >= 0.6 is 0 Å². The van der Waals surface area contributed by atoms with Gasteiger partial charge in [0.1, 0.15) is 5.82 Å². The maximum absolute atomic E-state index is 5.85. The van der Waals surface area contributed by atoms with Gasteiger partial charge in [-0.3, -0.25) is 9.13 Å². The van der Waals surface area contributed by atoms with Crippen molar-refractivity contribution in [3.63, 3.8) is 0 Å². The van der Waals surface area contributed by atoms with Gasteiger partial charge in [0.15, 0.2) is 5.82 Å². The first-order chi connectivity index (χ1) is 53.6. The molecule has 496 valence electrons. The lowest BCUT2D eigenvalue weighted by molar-refractivity contribution is 1.01. The Morgan fingerprint density at radius 3 is 1.28 bits per heavy atom. The maximum Gasteiger partial charge on any atom is 0.235 e. The molecule has 25 rings (SSSR count). The minimum atomic E-state index is 0.626. The standard InChI is InChI=1S/C100H56N8/c1-2-20-57(21-3-1)63-47-49-88-80(52-63)92-90(56-78-70-27-11-17-35-84(70)106-86-37-19-13-31-74(86)94(92)97(78)106)108(88)100-102-81-32-14-8-28-71(81)95(103-100)76-54-65-44-43-62(51-75(65)67-24-6-7-25-68(67)76)59-38-40-60(41-39-59)64-46-48-87-79(53-64)91-89(55-77-69-26-10-16-34-83(69)105-85-36-18-12-30-73(85)93(91)96(77)105)107(87)99-72-29-9-15-33-82(72)101-98(104-99)66-45-42-58-22-4-5-23-61(58)50-66/h1-56H. The van der Waals surface area contributed by atoms with Crippen molar-refractivity contribution in [1.82, 2.24) is 37.9 Å². The first kappa shape index (κ1) is 57.9. The fourth-order valence-corrected chi connectivity index (χ4v) is 18.9. The lowest BCUT2D eigenvalue weighted by Crippen LogP contribution is -2.03. The topological polar surface area (TPSA) is 70.2 Å². The molecule has 0 amide bonds. The van der Waals surface area contributed by atoms with E-state index in [-0.39, 0.29) is 0 Å². The van der Waals surface area contributed by atoms with Crippen LogP contribution < -0.4 is 0 Å². The Morgan fingerprint density at radius 1 is 0.204 bits per heavy atom. The second kappa shape index (κ2) is 21.5. The van der Waals surface area contributed by atoms with Gasteiger partial charge >= 0.3 is 0 Å². The summed E-state index contributed by atoms with van der Waals surface area (Å²) in [4.78, 5) is 22.4. The molecule has 0 aliphatic rings. The Morgan fingerprint density at radius 2 is 0.648 bits per heavy atom. The fraction of sp³-hybridized carbons (Fsp3) is 0. The molecule has 0 saturated carbocycles. The van der Waals surface area contributed by atoms with Gasteiger partial charge in [-0.25, -0.2) is 19.9 Å². The largest absolute Gasteiger partial charge is 0.308 e. The minimum Gasteiger partial charge on any atom is -0.308 e. The molecular formula is C100H56N8. The first-order valence-corrected chi connectivity index (χ1v) is 37.0. The van der Waals surface area contributed by atoms with E-state index in [9.17, 15) is 0 Å². The van der Waals surface area contributed by atoms with Crippen LogP contribution in [0.25, 0.3) is 242 Å². The number of fused-ring (bicyclic) bond motifs is 26. The van der Waals surface area contributed by atoms with Crippen molar-refractivity contribution in [2.45, 2.75) is 0 Å². The summed E-state index contributed by atoms with van der Waals surface area (Å²) in [6.45, 7) is 0. The van der Waals surface area contributed by atoms with Crippen LogP contribution in [0.2, 0.25) is 0 Å². The van der Waals surface area contributed by atoms with Gasteiger partial charge in [-0.1, -0.05) is 243 Å². The zero-order valence-electron chi connectivity index (χ0n) is 57.9. The summed E-state index contributed by atoms with van der Waals surface area (Å²) in [5.41, 5.74) is 23.1. The van der Waals surface area contributed by atoms with Crippen molar-refractivity contribution in [3.8, 4) is 67.8 Å². The van der Waals surface area contributed by atoms with E-state index in [1.54, 1.807) is 0 Å². The molecule has 108 heavy (non-hydrogen) atoms. The van der Waals surface area contributed by atoms with Crippen molar-refractivity contribution >= 4 is 174 Å². The van der Waals surface area contributed by atoms with E-state index in [0.717, 1.165) is 127 Å². The van der Waals surface area contributed by atoms with E-state index in [4.69, 9.17) is 19.9 Å². The highest BCUT2D eigenvalue weighted by Crippen LogP contribution is 2.51. The van der Waals surface area contributed by atoms with Crippen molar-refractivity contribution in [2.24, 2.45) is 0 Å². The van der Waals surface area contributed by atoms with Crippen molar-refractivity contribution in [1.29, 1.82) is 0 Å². The summed E-state index contributed by atoms with van der Waals surface area (Å²) in [5, 5.41) is 23.4. The third-order valence-electron chi connectivity index (χ3n) is 23.6. The van der Waals surface area contributed by atoms with E-state index in [2.05, 4.69) is 358 Å². The van der Waals surface area contributed by atoms with Crippen LogP contribution in [-0.2, 0) is 0 Å². The summed E-state index contributed by atoms with van der Waals surface area (Å²) >= 11 is 0. The van der Waals surface area contributed by atoms with E-state index < -0.39 is 0 Å². The zero-order chi connectivity index (χ0) is 70.1. The molecule has 0 aliphatic carbocycles. The Kier molecular flexibility index (Phi) is 11.5. The predicted molar refractivity (Wildman–Crippen MR) is 450 cm³/mol. The molecule has 0 fully saturated rings. The average Bonchev–Trinajstić information content (AvgIpc) is 1.52. The van der Waals surface area contributed by atoms with Crippen LogP contribution in [0.5, 0.6) is 0 Å². The predicted octanol–water partition coefficient (Wildman–Crippen LogP) is 25.9. The second-order valence-corrected chi connectivity index (χ2v) is 29.1. The van der Waals surface area contributed by atoms with E-state index in [0.29, 0.717) is 11.8 Å². The van der Waals surface area contributed by atoms with Gasteiger partial charge in [0, 0.05) is 86.5 Å². The highest BCUT2D eigenvalue weighted by molar-refractivity contribution is 6.38. The van der Waals surface area contributed by atoms with Crippen LogP contribution in [0.15, 0.2) is 340 Å². The molecule has 8 heterocycles. The molecular weight excluding hydrogens is 1310 g/mol. The second-order valence-electron chi connectivity index (χ2n) is 29.1. The molecule has 0 bridgehead atoms.